The van der Waals surface area contributed by atoms with Gasteiger partial charge < -0.3 is 9.15 Å². The Bertz CT molecular complexity index is 603. The van der Waals surface area contributed by atoms with Gasteiger partial charge in [0.1, 0.15) is 5.69 Å². The minimum absolute atomic E-state index is 0.276. The van der Waals surface area contributed by atoms with Crippen LogP contribution in [0.1, 0.15) is 0 Å². The van der Waals surface area contributed by atoms with Gasteiger partial charge in [-0.3, -0.25) is 0 Å². The summed E-state index contributed by atoms with van der Waals surface area (Å²) < 4.78 is 10.8. The molecule has 1 heterocycles. The van der Waals surface area contributed by atoms with Crippen molar-refractivity contribution in [3.8, 4) is 28.7 Å². The largest absolute Gasteiger partial charge is 0.453 e. The molecule has 0 unspecified atom stereocenters. The summed E-state index contributed by atoms with van der Waals surface area (Å²) in [5.41, 5.74) is 2.79. The molecule has 94 valence electrons. The van der Waals surface area contributed by atoms with Crippen LogP contribution < -0.4 is 4.74 Å². The highest BCUT2D eigenvalue weighted by Crippen LogP contribution is 2.34. The van der Waals surface area contributed by atoms with Gasteiger partial charge in [-0.2, -0.15) is 4.98 Å². The van der Waals surface area contributed by atoms with E-state index in [1.807, 2.05) is 60.7 Å². The van der Waals surface area contributed by atoms with Crippen LogP contribution in [-0.4, -0.2) is 12.1 Å². The number of hydrogen-bond donors (Lipinski definition) is 0. The predicted octanol–water partition coefficient (Wildman–Crippen LogP) is 4.02. The van der Waals surface area contributed by atoms with E-state index in [1.54, 1.807) is 7.11 Å². The number of benzene rings is 2. The topological polar surface area (TPSA) is 35.3 Å². The summed E-state index contributed by atoms with van der Waals surface area (Å²) >= 11 is 0. The molecule has 1 aromatic heterocycles. The van der Waals surface area contributed by atoms with Crippen molar-refractivity contribution >= 4 is 0 Å². The smallest absolute Gasteiger partial charge is 0.394 e. The summed E-state index contributed by atoms with van der Waals surface area (Å²) in [5, 5.41) is 0. The molecule has 0 N–H and O–H groups in total. The van der Waals surface area contributed by atoms with Gasteiger partial charge in [0.05, 0.1) is 7.11 Å². The van der Waals surface area contributed by atoms with Gasteiger partial charge >= 0.3 is 6.08 Å². The van der Waals surface area contributed by atoms with E-state index in [2.05, 4.69) is 4.98 Å². The second-order valence-corrected chi connectivity index (χ2v) is 4.09. The van der Waals surface area contributed by atoms with Gasteiger partial charge in [0.15, 0.2) is 5.76 Å². The van der Waals surface area contributed by atoms with Crippen molar-refractivity contribution in [1.29, 1.82) is 0 Å². The molecule has 0 fully saturated rings. The van der Waals surface area contributed by atoms with Crippen LogP contribution in [-0.2, 0) is 0 Å². The number of ether oxygens (including phenoxy) is 1. The Morgan fingerprint density at radius 1 is 0.842 bits per heavy atom. The van der Waals surface area contributed by atoms with E-state index in [9.17, 15) is 0 Å². The summed E-state index contributed by atoms with van der Waals surface area (Å²) in [5.74, 6) is 0.726. The Kier molecular flexibility index (Phi) is 3.02. The Morgan fingerprint density at radius 3 is 2.00 bits per heavy atom. The van der Waals surface area contributed by atoms with Crippen LogP contribution in [0.25, 0.3) is 22.6 Å². The van der Waals surface area contributed by atoms with Crippen molar-refractivity contribution in [1.82, 2.24) is 4.98 Å². The standard InChI is InChI=1S/C16H13NO2/c1-18-16-17-14(12-8-4-2-5-9-12)15(19-16)13-10-6-3-7-11-13/h2-11H,1H3. The van der Waals surface area contributed by atoms with Crippen molar-refractivity contribution in [3.63, 3.8) is 0 Å². The predicted molar refractivity (Wildman–Crippen MR) is 73.9 cm³/mol. The number of methoxy groups -OCH3 is 1. The Labute approximate surface area is 111 Å². The van der Waals surface area contributed by atoms with Gasteiger partial charge in [-0.25, -0.2) is 0 Å². The molecule has 0 aliphatic carbocycles. The Hall–Kier alpha value is -2.55. The fraction of sp³-hybridized carbons (Fsp3) is 0.0625. The van der Waals surface area contributed by atoms with Crippen LogP contribution in [0, 0.1) is 0 Å². The molecule has 0 saturated carbocycles. The first-order chi connectivity index (χ1) is 9.38. The molecule has 2 aromatic carbocycles. The molecule has 0 aliphatic rings. The van der Waals surface area contributed by atoms with Crippen LogP contribution in [0.15, 0.2) is 65.1 Å². The highest BCUT2D eigenvalue weighted by molar-refractivity contribution is 5.77. The molecule has 0 radical (unpaired) electrons. The third kappa shape index (κ3) is 2.22. The minimum Gasteiger partial charge on any atom is -0.453 e. The van der Waals surface area contributed by atoms with E-state index < -0.39 is 0 Å². The lowest BCUT2D eigenvalue weighted by atomic mass is 10.1. The first-order valence-corrected chi connectivity index (χ1v) is 6.04. The van der Waals surface area contributed by atoms with Crippen LogP contribution >= 0.6 is 0 Å². The van der Waals surface area contributed by atoms with Crippen molar-refractivity contribution in [3.05, 3.63) is 60.7 Å². The van der Waals surface area contributed by atoms with Crippen molar-refractivity contribution < 1.29 is 9.15 Å². The van der Waals surface area contributed by atoms with Crippen molar-refractivity contribution in [2.45, 2.75) is 0 Å². The summed E-state index contributed by atoms with van der Waals surface area (Å²) in [6.07, 6.45) is 0.276. The average molecular weight is 251 g/mol. The molecule has 0 amide bonds. The van der Waals surface area contributed by atoms with E-state index in [-0.39, 0.29) is 6.08 Å². The van der Waals surface area contributed by atoms with Gasteiger partial charge in [0.25, 0.3) is 0 Å². The maximum Gasteiger partial charge on any atom is 0.394 e. The summed E-state index contributed by atoms with van der Waals surface area (Å²) in [4.78, 5) is 4.39. The second kappa shape index (κ2) is 4.98. The lowest BCUT2D eigenvalue weighted by Crippen LogP contribution is -1.83. The van der Waals surface area contributed by atoms with Gasteiger partial charge in [-0.15, -0.1) is 0 Å². The number of hydrogen-bond acceptors (Lipinski definition) is 3. The Morgan fingerprint density at radius 2 is 1.42 bits per heavy atom. The van der Waals surface area contributed by atoms with Crippen LogP contribution in [0.2, 0.25) is 0 Å². The Balaban J connectivity index is 2.17. The molecule has 3 aromatic rings. The number of nitrogens with zero attached hydrogens (tertiary/aromatic N) is 1. The average Bonchev–Trinajstić information content (AvgIpc) is 2.93. The van der Waals surface area contributed by atoms with Gasteiger partial charge in [-0.1, -0.05) is 60.7 Å². The maximum absolute atomic E-state index is 5.67. The maximum atomic E-state index is 5.67. The van der Waals surface area contributed by atoms with Crippen molar-refractivity contribution in [2.24, 2.45) is 0 Å². The van der Waals surface area contributed by atoms with Gasteiger partial charge in [-0.05, 0) is 0 Å². The second-order valence-electron chi connectivity index (χ2n) is 4.09. The molecule has 3 rings (SSSR count). The zero-order valence-electron chi connectivity index (χ0n) is 10.5. The van der Waals surface area contributed by atoms with E-state index in [0.717, 1.165) is 22.6 Å². The van der Waals surface area contributed by atoms with E-state index in [1.165, 1.54) is 0 Å². The van der Waals surface area contributed by atoms with Gasteiger partial charge in [0.2, 0.25) is 0 Å². The minimum atomic E-state index is 0.276. The molecular weight excluding hydrogens is 238 g/mol. The molecular formula is C16H13NO2. The molecule has 0 atom stereocenters. The fourth-order valence-electron chi connectivity index (χ4n) is 1.96. The normalized spacial score (nSPS) is 10.4. The number of rotatable bonds is 3. The van der Waals surface area contributed by atoms with E-state index in [4.69, 9.17) is 9.15 Å². The molecule has 0 aliphatic heterocycles. The lowest BCUT2D eigenvalue weighted by Gasteiger charge is -2.00. The SMILES string of the molecule is COc1nc(-c2ccccc2)c(-c2ccccc2)o1. The first-order valence-electron chi connectivity index (χ1n) is 6.04. The zero-order chi connectivity index (χ0) is 13.1. The van der Waals surface area contributed by atoms with Crippen LogP contribution in [0.4, 0.5) is 0 Å². The van der Waals surface area contributed by atoms with Crippen molar-refractivity contribution in [2.75, 3.05) is 7.11 Å². The highest BCUT2D eigenvalue weighted by atomic mass is 16.6. The van der Waals surface area contributed by atoms with Crippen LogP contribution in [0.3, 0.4) is 0 Å². The molecule has 3 heteroatoms. The van der Waals surface area contributed by atoms with E-state index >= 15 is 0 Å². The first kappa shape index (κ1) is 11.5. The molecule has 0 spiro atoms. The molecule has 3 nitrogen and oxygen atoms in total. The summed E-state index contributed by atoms with van der Waals surface area (Å²) in [6, 6.07) is 19.8. The molecule has 0 bridgehead atoms. The number of aromatic nitrogens is 1. The summed E-state index contributed by atoms with van der Waals surface area (Å²) in [7, 11) is 1.55. The molecule has 19 heavy (non-hydrogen) atoms. The quantitative estimate of drug-likeness (QED) is 0.705. The lowest BCUT2D eigenvalue weighted by molar-refractivity contribution is 0.293. The third-order valence-electron chi connectivity index (χ3n) is 2.87. The zero-order valence-corrected chi connectivity index (χ0v) is 10.5. The third-order valence-corrected chi connectivity index (χ3v) is 2.87. The van der Waals surface area contributed by atoms with Crippen LogP contribution in [0.5, 0.6) is 6.08 Å². The van der Waals surface area contributed by atoms with Gasteiger partial charge in [0, 0.05) is 11.1 Å². The highest BCUT2D eigenvalue weighted by Gasteiger charge is 2.16. The fourth-order valence-corrected chi connectivity index (χ4v) is 1.96. The summed E-state index contributed by atoms with van der Waals surface area (Å²) in [6.45, 7) is 0. The number of oxazole rings is 1. The monoisotopic (exact) mass is 251 g/mol. The molecule has 0 saturated heterocycles. The van der Waals surface area contributed by atoms with E-state index in [0.29, 0.717) is 0 Å².